The quantitative estimate of drug-likeness (QED) is 0.803. The van der Waals surface area contributed by atoms with Crippen LogP contribution in [0.15, 0.2) is 24.3 Å². The first-order valence-electron chi connectivity index (χ1n) is 5.58. The summed E-state index contributed by atoms with van der Waals surface area (Å²) in [6, 6.07) is 7.00. The van der Waals surface area contributed by atoms with Crippen LogP contribution in [0.25, 0.3) is 0 Å². The number of hydrogen-bond acceptors (Lipinski definition) is 2. The molecule has 1 aromatic carbocycles. The van der Waals surface area contributed by atoms with Crippen LogP contribution >= 0.6 is 0 Å². The van der Waals surface area contributed by atoms with Crippen LogP contribution in [0.4, 0.5) is 5.69 Å². The molecule has 0 aliphatic rings. The van der Waals surface area contributed by atoms with Crippen molar-refractivity contribution in [2.75, 3.05) is 11.9 Å². The summed E-state index contributed by atoms with van der Waals surface area (Å²) in [6.07, 6.45) is 0. The molecule has 0 aliphatic heterocycles. The van der Waals surface area contributed by atoms with Gasteiger partial charge in [0.1, 0.15) is 0 Å². The number of hydrogen-bond donors (Lipinski definition) is 2. The van der Waals surface area contributed by atoms with E-state index in [2.05, 4.69) is 26.1 Å². The second kappa shape index (κ2) is 5.54. The number of rotatable bonds is 5. The number of carbonyl (C=O) groups is 1. The van der Waals surface area contributed by atoms with Crippen molar-refractivity contribution in [2.45, 2.75) is 20.8 Å². The maximum absolute atomic E-state index is 11.0. The van der Waals surface area contributed by atoms with Gasteiger partial charge in [0.15, 0.2) is 0 Å². The maximum atomic E-state index is 11.0. The van der Waals surface area contributed by atoms with E-state index in [0.29, 0.717) is 23.1 Å². The summed E-state index contributed by atoms with van der Waals surface area (Å²) in [4.78, 5) is 11.0. The minimum Gasteiger partial charge on any atom is -0.478 e. The molecule has 3 nitrogen and oxygen atoms in total. The molecule has 1 aromatic rings. The molecular formula is C13H19NO2. The molecule has 0 saturated heterocycles. The SMILES string of the molecule is CC(C)C(C)CNc1ccccc1C(=O)O. The van der Waals surface area contributed by atoms with Gasteiger partial charge in [0.2, 0.25) is 0 Å². The Morgan fingerprint density at radius 2 is 1.94 bits per heavy atom. The summed E-state index contributed by atoms with van der Waals surface area (Å²) in [6.45, 7) is 7.27. The molecule has 1 rings (SSSR count). The molecule has 2 N–H and O–H groups in total. The van der Waals surface area contributed by atoms with E-state index in [1.54, 1.807) is 18.2 Å². The molecule has 88 valence electrons. The minimum absolute atomic E-state index is 0.332. The predicted molar refractivity (Wildman–Crippen MR) is 65.9 cm³/mol. The summed E-state index contributed by atoms with van der Waals surface area (Å²) < 4.78 is 0. The summed E-state index contributed by atoms with van der Waals surface area (Å²) in [5.41, 5.74) is 1.03. The van der Waals surface area contributed by atoms with Crippen LogP contribution in [-0.2, 0) is 0 Å². The van der Waals surface area contributed by atoms with Crippen molar-refractivity contribution in [3.8, 4) is 0 Å². The van der Waals surface area contributed by atoms with Gasteiger partial charge in [-0.1, -0.05) is 32.9 Å². The van der Waals surface area contributed by atoms with Gasteiger partial charge in [0.25, 0.3) is 0 Å². The molecule has 0 saturated carbocycles. The van der Waals surface area contributed by atoms with Crippen LogP contribution in [0, 0.1) is 11.8 Å². The molecule has 0 fully saturated rings. The third-order valence-corrected chi connectivity index (χ3v) is 2.91. The first kappa shape index (κ1) is 12.6. The van der Waals surface area contributed by atoms with E-state index < -0.39 is 5.97 Å². The van der Waals surface area contributed by atoms with Crippen LogP contribution < -0.4 is 5.32 Å². The van der Waals surface area contributed by atoms with Gasteiger partial charge in [-0.05, 0) is 24.0 Å². The van der Waals surface area contributed by atoms with E-state index >= 15 is 0 Å². The minimum atomic E-state index is -0.889. The van der Waals surface area contributed by atoms with Gasteiger partial charge in [-0.25, -0.2) is 4.79 Å². The molecule has 1 atom stereocenters. The molecule has 3 heteroatoms. The second-order valence-corrected chi connectivity index (χ2v) is 4.45. The van der Waals surface area contributed by atoms with Gasteiger partial charge in [-0.3, -0.25) is 0 Å². The third kappa shape index (κ3) is 3.26. The molecule has 0 radical (unpaired) electrons. The molecular weight excluding hydrogens is 202 g/mol. The van der Waals surface area contributed by atoms with E-state index in [1.165, 1.54) is 0 Å². The van der Waals surface area contributed by atoms with Gasteiger partial charge in [-0.2, -0.15) is 0 Å². The predicted octanol–water partition coefficient (Wildman–Crippen LogP) is 3.09. The highest BCUT2D eigenvalue weighted by Gasteiger charge is 2.11. The van der Waals surface area contributed by atoms with Crippen molar-refractivity contribution < 1.29 is 9.90 Å². The molecule has 0 spiro atoms. The zero-order valence-electron chi connectivity index (χ0n) is 10.0. The van der Waals surface area contributed by atoms with Crippen molar-refractivity contribution in [3.63, 3.8) is 0 Å². The Morgan fingerprint density at radius 3 is 2.50 bits per heavy atom. The lowest BCUT2D eigenvalue weighted by Gasteiger charge is -2.17. The van der Waals surface area contributed by atoms with Crippen molar-refractivity contribution in [2.24, 2.45) is 11.8 Å². The highest BCUT2D eigenvalue weighted by atomic mass is 16.4. The smallest absolute Gasteiger partial charge is 0.337 e. The van der Waals surface area contributed by atoms with E-state index in [-0.39, 0.29) is 0 Å². The number of nitrogens with one attached hydrogen (secondary N) is 1. The normalized spacial score (nSPS) is 12.5. The highest BCUT2D eigenvalue weighted by molar-refractivity contribution is 5.94. The number of anilines is 1. The Balaban J connectivity index is 2.70. The van der Waals surface area contributed by atoms with Crippen molar-refractivity contribution >= 4 is 11.7 Å². The standard InChI is InChI=1S/C13H19NO2/c1-9(2)10(3)8-14-12-7-5-4-6-11(12)13(15)16/h4-7,9-10,14H,8H2,1-3H3,(H,15,16). The Bertz CT molecular complexity index is 361. The molecule has 0 aromatic heterocycles. The average Bonchev–Trinajstić information content (AvgIpc) is 2.25. The maximum Gasteiger partial charge on any atom is 0.337 e. The fraction of sp³-hybridized carbons (Fsp3) is 0.462. The Labute approximate surface area is 96.5 Å². The van der Waals surface area contributed by atoms with Crippen LogP contribution in [0.2, 0.25) is 0 Å². The van der Waals surface area contributed by atoms with E-state index in [1.807, 2.05) is 6.07 Å². The molecule has 1 unspecified atom stereocenters. The van der Waals surface area contributed by atoms with Crippen LogP contribution in [-0.4, -0.2) is 17.6 Å². The number of aromatic carboxylic acids is 1. The number of benzene rings is 1. The first-order chi connectivity index (χ1) is 7.52. The molecule has 0 amide bonds. The fourth-order valence-electron chi connectivity index (χ4n) is 1.33. The van der Waals surface area contributed by atoms with Gasteiger partial charge >= 0.3 is 5.97 Å². The van der Waals surface area contributed by atoms with Gasteiger partial charge < -0.3 is 10.4 Å². The number of carboxylic acids is 1. The average molecular weight is 221 g/mol. The fourth-order valence-corrected chi connectivity index (χ4v) is 1.33. The Kier molecular flexibility index (Phi) is 4.35. The lowest BCUT2D eigenvalue weighted by molar-refractivity contribution is 0.0698. The number of carboxylic acid groups (broad SMARTS) is 1. The lowest BCUT2D eigenvalue weighted by atomic mass is 9.98. The topological polar surface area (TPSA) is 49.3 Å². The van der Waals surface area contributed by atoms with E-state index in [0.717, 1.165) is 6.54 Å². The summed E-state index contributed by atoms with van der Waals surface area (Å²) >= 11 is 0. The molecule has 0 bridgehead atoms. The van der Waals surface area contributed by atoms with Crippen LogP contribution in [0.3, 0.4) is 0 Å². The largest absolute Gasteiger partial charge is 0.478 e. The molecule has 0 aliphatic carbocycles. The summed E-state index contributed by atoms with van der Waals surface area (Å²) in [5, 5.41) is 12.2. The van der Waals surface area contributed by atoms with Crippen molar-refractivity contribution in [1.82, 2.24) is 0 Å². The molecule has 0 heterocycles. The monoisotopic (exact) mass is 221 g/mol. The third-order valence-electron chi connectivity index (χ3n) is 2.91. The summed E-state index contributed by atoms with van der Waals surface area (Å²) in [7, 11) is 0. The van der Waals surface area contributed by atoms with Crippen LogP contribution in [0.1, 0.15) is 31.1 Å². The van der Waals surface area contributed by atoms with Gasteiger partial charge in [0, 0.05) is 12.2 Å². The zero-order valence-corrected chi connectivity index (χ0v) is 10.0. The Hall–Kier alpha value is -1.51. The zero-order chi connectivity index (χ0) is 12.1. The van der Waals surface area contributed by atoms with Gasteiger partial charge in [-0.15, -0.1) is 0 Å². The lowest BCUT2D eigenvalue weighted by Crippen LogP contribution is -2.17. The summed E-state index contributed by atoms with van der Waals surface area (Å²) in [5.74, 6) is 0.214. The first-order valence-corrected chi connectivity index (χ1v) is 5.58. The van der Waals surface area contributed by atoms with Crippen LogP contribution in [0.5, 0.6) is 0 Å². The van der Waals surface area contributed by atoms with Gasteiger partial charge in [0.05, 0.1) is 5.56 Å². The van der Waals surface area contributed by atoms with E-state index in [9.17, 15) is 4.79 Å². The number of para-hydroxylation sites is 1. The van der Waals surface area contributed by atoms with Crippen molar-refractivity contribution in [1.29, 1.82) is 0 Å². The second-order valence-electron chi connectivity index (χ2n) is 4.45. The van der Waals surface area contributed by atoms with E-state index in [4.69, 9.17) is 5.11 Å². The van der Waals surface area contributed by atoms with Crippen molar-refractivity contribution in [3.05, 3.63) is 29.8 Å². The highest BCUT2D eigenvalue weighted by Crippen LogP contribution is 2.17. The molecule has 16 heavy (non-hydrogen) atoms. The Morgan fingerprint density at radius 1 is 1.31 bits per heavy atom.